The average molecular weight is 333 g/mol. The van der Waals surface area contributed by atoms with Crippen LogP contribution in [0.15, 0.2) is 42.6 Å². The van der Waals surface area contributed by atoms with Gasteiger partial charge in [-0.15, -0.1) is 12.4 Å². The maximum atomic E-state index is 11.7. The molecule has 1 fully saturated rings. The maximum absolute atomic E-state index is 11.7. The van der Waals surface area contributed by atoms with Crippen LogP contribution in [0.1, 0.15) is 35.3 Å². The van der Waals surface area contributed by atoms with Crippen molar-refractivity contribution in [3.63, 3.8) is 0 Å². The zero-order valence-electron chi connectivity index (χ0n) is 13.0. The first-order chi connectivity index (χ1) is 10.7. The summed E-state index contributed by atoms with van der Waals surface area (Å²) in [6.07, 6.45) is 2.86. The van der Waals surface area contributed by atoms with Crippen LogP contribution < -0.4 is 5.32 Å². The number of aromatic nitrogens is 1. The van der Waals surface area contributed by atoms with Gasteiger partial charge in [0, 0.05) is 17.7 Å². The Hall–Kier alpha value is -1.91. The number of carbonyl (C=O) groups is 1. The molecule has 1 aromatic heterocycles. The Morgan fingerprint density at radius 3 is 2.65 bits per heavy atom. The smallest absolute Gasteiger partial charge is 0.337 e. The number of benzene rings is 1. The van der Waals surface area contributed by atoms with Crippen LogP contribution in [0.4, 0.5) is 0 Å². The van der Waals surface area contributed by atoms with Crippen molar-refractivity contribution in [3.05, 3.63) is 53.9 Å². The second-order valence-electron chi connectivity index (χ2n) is 5.87. The number of nitrogens with one attached hydrogen (secondary N) is 1. The van der Waals surface area contributed by atoms with Gasteiger partial charge < -0.3 is 10.4 Å². The molecule has 2 N–H and O–H groups in total. The quantitative estimate of drug-likeness (QED) is 0.898. The minimum Gasteiger partial charge on any atom is -0.478 e. The SMILES string of the molecule is CC(c1ncc(-c2ccccc2)cc1C(=O)O)C1CCNC1.Cl. The van der Waals surface area contributed by atoms with E-state index in [1.165, 1.54) is 0 Å². The number of carboxylic acids is 1. The van der Waals surface area contributed by atoms with E-state index in [1.54, 1.807) is 12.3 Å². The van der Waals surface area contributed by atoms with Crippen LogP contribution in [0.5, 0.6) is 0 Å². The highest BCUT2D eigenvalue weighted by Gasteiger charge is 2.27. The van der Waals surface area contributed by atoms with Crippen molar-refractivity contribution >= 4 is 18.4 Å². The Balaban J connectivity index is 0.00000192. The predicted octanol–water partition coefficient (Wildman–Crippen LogP) is 3.58. The van der Waals surface area contributed by atoms with Gasteiger partial charge in [0.2, 0.25) is 0 Å². The second kappa shape index (κ2) is 7.57. The first-order valence-electron chi connectivity index (χ1n) is 7.66. The van der Waals surface area contributed by atoms with Crippen LogP contribution in [0.25, 0.3) is 11.1 Å². The molecule has 2 aromatic rings. The molecule has 1 aromatic carbocycles. The Morgan fingerprint density at radius 2 is 2.04 bits per heavy atom. The van der Waals surface area contributed by atoms with Crippen molar-refractivity contribution in [3.8, 4) is 11.1 Å². The number of carboxylic acid groups (broad SMARTS) is 1. The summed E-state index contributed by atoms with van der Waals surface area (Å²) >= 11 is 0. The summed E-state index contributed by atoms with van der Waals surface area (Å²) in [4.78, 5) is 16.2. The van der Waals surface area contributed by atoms with Crippen molar-refractivity contribution in [1.82, 2.24) is 10.3 Å². The fourth-order valence-electron chi connectivity index (χ4n) is 3.12. The van der Waals surface area contributed by atoms with Gasteiger partial charge in [0.15, 0.2) is 0 Å². The highest BCUT2D eigenvalue weighted by Crippen LogP contribution is 2.31. The number of hydrogen-bond donors (Lipinski definition) is 2. The molecule has 0 amide bonds. The molecule has 2 unspecified atom stereocenters. The molecule has 4 nitrogen and oxygen atoms in total. The predicted molar refractivity (Wildman–Crippen MR) is 93.3 cm³/mol. The molecular weight excluding hydrogens is 312 g/mol. The fourth-order valence-corrected chi connectivity index (χ4v) is 3.12. The lowest BCUT2D eigenvalue weighted by molar-refractivity contribution is 0.0694. The fraction of sp³-hybridized carbons (Fsp3) is 0.333. The first kappa shape index (κ1) is 17.4. The van der Waals surface area contributed by atoms with Crippen molar-refractivity contribution in [2.45, 2.75) is 19.3 Å². The minimum atomic E-state index is -0.905. The third-order valence-corrected chi connectivity index (χ3v) is 4.49. The van der Waals surface area contributed by atoms with Gasteiger partial charge in [0.05, 0.1) is 11.3 Å². The van der Waals surface area contributed by atoms with Crippen LogP contribution >= 0.6 is 12.4 Å². The molecule has 3 rings (SSSR count). The van der Waals surface area contributed by atoms with Crippen molar-refractivity contribution in [1.29, 1.82) is 0 Å². The van der Waals surface area contributed by atoms with Gasteiger partial charge in [-0.2, -0.15) is 0 Å². The summed E-state index contributed by atoms with van der Waals surface area (Å²) in [6.45, 7) is 4.01. The number of pyridine rings is 1. The van der Waals surface area contributed by atoms with E-state index >= 15 is 0 Å². The number of rotatable bonds is 4. The maximum Gasteiger partial charge on any atom is 0.337 e. The van der Waals surface area contributed by atoms with Gasteiger partial charge in [-0.1, -0.05) is 37.3 Å². The molecule has 2 atom stereocenters. The summed E-state index contributed by atoms with van der Waals surface area (Å²) in [5, 5.41) is 12.9. The molecule has 0 bridgehead atoms. The number of hydrogen-bond acceptors (Lipinski definition) is 3. The van der Waals surface area contributed by atoms with E-state index < -0.39 is 5.97 Å². The lowest BCUT2D eigenvalue weighted by Gasteiger charge is -2.20. The normalized spacial score (nSPS) is 18.2. The topological polar surface area (TPSA) is 62.2 Å². The van der Waals surface area contributed by atoms with E-state index in [2.05, 4.69) is 17.2 Å². The van der Waals surface area contributed by atoms with Gasteiger partial charge in [-0.25, -0.2) is 4.79 Å². The van der Waals surface area contributed by atoms with Gasteiger partial charge in [0.25, 0.3) is 0 Å². The lowest BCUT2D eigenvalue weighted by Crippen LogP contribution is -2.18. The first-order valence-corrected chi connectivity index (χ1v) is 7.66. The van der Waals surface area contributed by atoms with E-state index in [1.807, 2.05) is 30.3 Å². The molecular formula is C18H21ClN2O2. The molecule has 2 heterocycles. The highest BCUT2D eigenvalue weighted by atomic mass is 35.5. The molecule has 1 aliphatic rings. The third-order valence-electron chi connectivity index (χ3n) is 4.49. The standard InChI is InChI=1S/C18H20N2O2.ClH/c1-12(14-7-8-19-10-14)17-16(18(21)22)9-15(11-20-17)13-5-3-2-4-6-13;/h2-6,9,11-12,14,19H,7-8,10H2,1H3,(H,21,22);1H. The molecule has 0 spiro atoms. The van der Waals surface area contributed by atoms with Crippen LogP contribution in [0.2, 0.25) is 0 Å². The summed E-state index contributed by atoms with van der Waals surface area (Å²) in [7, 11) is 0. The Labute approximate surface area is 142 Å². The second-order valence-corrected chi connectivity index (χ2v) is 5.87. The van der Waals surface area contributed by atoms with E-state index in [4.69, 9.17) is 0 Å². The zero-order valence-corrected chi connectivity index (χ0v) is 13.8. The Morgan fingerprint density at radius 1 is 1.30 bits per heavy atom. The Kier molecular flexibility index (Phi) is 5.74. The number of halogens is 1. The summed E-state index contributed by atoms with van der Waals surface area (Å²) in [5.41, 5.74) is 2.85. The zero-order chi connectivity index (χ0) is 15.5. The molecule has 5 heteroatoms. The minimum absolute atomic E-state index is 0. The van der Waals surface area contributed by atoms with E-state index in [0.717, 1.165) is 30.6 Å². The van der Waals surface area contributed by atoms with Gasteiger partial charge >= 0.3 is 5.97 Å². The Bertz CT molecular complexity index is 670. The monoisotopic (exact) mass is 332 g/mol. The van der Waals surface area contributed by atoms with Gasteiger partial charge in [-0.05, 0) is 37.1 Å². The summed E-state index contributed by atoms with van der Waals surface area (Å²) in [5.74, 6) is -0.308. The van der Waals surface area contributed by atoms with Gasteiger partial charge in [-0.3, -0.25) is 4.98 Å². The third kappa shape index (κ3) is 3.71. The van der Waals surface area contributed by atoms with Crippen LogP contribution in [-0.4, -0.2) is 29.1 Å². The van der Waals surface area contributed by atoms with E-state index in [0.29, 0.717) is 17.2 Å². The molecule has 1 saturated heterocycles. The van der Waals surface area contributed by atoms with E-state index in [9.17, 15) is 9.90 Å². The van der Waals surface area contributed by atoms with Crippen molar-refractivity contribution in [2.24, 2.45) is 5.92 Å². The average Bonchev–Trinajstić information content (AvgIpc) is 3.09. The van der Waals surface area contributed by atoms with Crippen molar-refractivity contribution < 1.29 is 9.90 Å². The summed E-state index contributed by atoms with van der Waals surface area (Å²) in [6, 6.07) is 11.5. The molecule has 23 heavy (non-hydrogen) atoms. The van der Waals surface area contributed by atoms with Crippen LogP contribution in [-0.2, 0) is 0 Å². The van der Waals surface area contributed by atoms with Crippen LogP contribution in [0.3, 0.4) is 0 Å². The summed E-state index contributed by atoms with van der Waals surface area (Å²) < 4.78 is 0. The number of nitrogens with zero attached hydrogens (tertiary/aromatic N) is 1. The largest absolute Gasteiger partial charge is 0.478 e. The van der Waals surface area contributed by atoms with Crippen LogP contribution in [0, 0.1) is 5.92 Å². The highest BCUT2D eigenvalue weighted by molar-refractivity contribution is 5.90. The molecule has 1 aliphatic heterocycles. The lowest BCUT2D eigenvalue weighted by atomic mass is 9.87. The molecule has 0 radical (unpaired) electrons. The number of aromatic carboxylic acids is 1. The van der Waals surface area contributed by atoms with Crippen molar-refractivity contribution in [2.75, 3.05) is 13.1 Å². The molecule has 0 aliphatic carbocycles. The molecule has 122 valence electrons. The van der Waals surface area contributed by atoms with Gasteiger partial charge in [0.1, 0.15) is 0 Å². The van der Waals surface area contributed by atoms with E-state index in [-0.39, 0.29) is 18.3 Å². The molecule has 0 saturated carbocycles.